The van der Waals surface area contributed by atoms with Crippen molar-refractivity contribution in [3.63, 3.8) is 0 Å². The topological polar surface area (TPSA) is 82.9 Å². The summed E-state index contributed by atoms with van der Waals surface area (Å²) in [5.74, 6) is 0.133. The fraction of sp³-hybridized carbons (Fsp3) is 0.533. The fourth-order valence-electron chi connectivity index (χ4n) is 3.05. The van der Waals surface area contributed by atoms with E-state index < -0.39 is 6.03 Å². The summed E-state index contributed by atoms with van der Waals surface area (Å²) >= 11 is 0. The Morgan fingerprint density at radius 1 is 1.36 bits per heavy atom. The van der Waals surface area contributed by atoms with Gasteiger partial charge in [-0.25, -0.2) is 4.79 Å². The minimum Gasteiger partial charge on any atom is -0.467 e. The lowest BCUT2D eigenvalue weighted by Crippen LogP contribution is -2.46. The maximum absolute atomic E-state index is 12.6. The zero-order chi connectivity index (χ0) is 15.5. The molecule has 0 aromatic carbocycles. The molecule has 7 heteroatoms. The van der Waals surface area contributed by atoms with Crippen LogP contribution in [0.15, 0.2) is 22.8 Å². The van der Waals surface area contributed by atoms with Gasteiger partial charge in [-0.1, -0.05) is 12.8 Å². The van der Waals surface area contributed by atoms with Gasteiger partial charge in [0, 0.05) is 6.04 Å². The number of rotatable bonds is 5. The molecule has 1 aromatic rings. The van der Waals surface area contributed by atoms with Gasteiger partial charge in [-0.15, -0.1) is 0 Å². The largest absolute Gasteiger partial charge is 0.467 e. The lowest BCUT2D eigenvalue weighted by Gasteiger charge is -2.29. The van der Waals surface area contributed by atoms with Gasteiger partial charge in [0.25, 0.3) is 5.91 Å². The van der Waals surface area contributed by atoms with Gasteiger partial charge < -0.3 is 14.6 Å². The van der Waals surface area contributed by atoms with Crippen molar-refractivity contribution in [2.75, 3.05) is 13.1 Å². The summed E-state index contributed by atoms with van der Waals surface area (Å²) in [4.78, 5) is 38.6. The van der Waals surface area contributed by atoms with Crippen LogP contribution in [0.3, 0.4) is 0 Å². The third-order valence-electron chi connectivity index (χ3n) is 4.22. The van der Waals surface area contributed by atoms with Crippen molar-refractivity contribution < 1.29 is 18.8 Å². The molecule has 0 atom stereocenters. The Labute approximate surface area is 128 Å². The van der Waals surface area contributed by atoms with Crippen LogP contribution in [0.25, 0.3) is 0 Å². The molecule has 0 bridgehead atoms. The number of urea groups is 1. The summed E-state index contributed by atoms with van der Waals surface area (Å²) < 4.78 is 5.33. The molecular weight excluding hydrogens is 286 g/mol. The highest BCUT2D eigenvalue weighted by atomic mass is 16.3. The Morgan fingerprint density at radius 2 is 2.14 bits per heavy atom. The second-order valence-corrected chi connectivity index (χ2v) is 5.68. The Balaban J connectivity index is 1.71. The second kappa shape index (κ2) is 6.21. The zero-order valence-corrected chi connectivity index (χ0v) is 12.3. The molecule has 118 valence electrons. The van der Waals surface area contributed by atoms with E-state index in [9.17, 15) is 14.4 Å². The Morgan fingerprint density at radius 3 is 2.73 bits per heavy atom. The molecule has 1 N–H and O–H groups in total. The highest BCUT2D eigenvalue weighted by Crippen LogP contribution is 2.25. The average Bonchev–Trinajstić information content (AvgIpc) is 3.23. The van der Waals surface area contributed by atoms with E-state index in [1.54, 1.807) is 17.2 Å². The summed E-state index contributed by atoms with van der Waals surface area (Å²) in [6, 6.07) is 3.26. The normalized spacial score (nSPS) is 18.8. The molecule has 2 aliphatic rings. The van der Waals surface area contributed by atoms with Gasteiger partial charge in [0.2, 0.25) is 5.91 Å². The van der Waals surface area contributed by atoms with E-state index in [0.717, 1.165) is 30.6 Å². The summed E-state index contributed by atoms with van der Waals surface area (Å²) in [6.45, 7) is 0.135. The van der Waals surface area contributed by atoms with Crippen molar-refractivity contribution in [2.45, 2.75) is 38.3 Å². The first kappa shape index (κ1) is 14.6. The zero-order valence-electron chi connectivity index (χ0n) is 12.3. The van der Waals surface area contributed by atoms with Gasteiger partial charge in [-0.2, -0.15) is 0 Å². The quantitative estimate of drug-likeness (QED) is 0.826. The number of nitrogens with one attached hydrogen (secondary N) is 1. The number of hydrogen-bond donors (Lipinski definition) is 1. The van der Waals surface area contributed by atoms with Crippen LogP contribution >= 0.6 is 0 Å². The second-order valence-electron chi connectivity index (χ2n) is 5.68. The van der Waals surface area contributed by atoms with E-state index in [0.29, 0.717) is 12.3 Å². The van der Waals surface area contributed by atoms with Crippen LogP contribution in [-0.4, -0.2) is 46.8 Å². The van der Waals surface area contributed by atoms with Crippen molar-refractivity contribution in [1.82, 2.24) is 15.1 Å². The van der Waals surface area contributed by atoms with Gasteiger partial charge in [0.05, 0.1) is 19.4 Å². The smallest absolute Gasteiger partial charge is 0.325 e. The van der Waals surface area contributed by atoms with Crippen LogP contribution in [0.2, 0.25) is 0 Å². The lowest BCUT2D eigenvalue weighted by atomic mass is 10.2. The van der Waals surface area contributed by atoms with Crippen LogP contribution in [-0.2, 0) is 16.1 Å². The molecule has 1 saturated carbocycles. The Kier molecular flexibility index (Phi) is 4.13. The third kappa shape index (κ3) is 2.98. The van der Waals surface area contributed by atoms with Gasteiger partial charge >= 0.3 is 6.03 Å². The van der Waals surface area contributed by atoms with Gasteiger partial charge in [-0.05, 0) is 25.0 Å². The van der Waals surface area contributed by atoms with E-state index in [1.165, 1.54) is 0 Å². The minimum absolute atomic E-state index is 0.0340. The van der Waals surface area contributed by atoms with Crippen LogP contribution in [0.5, 0.6) is 0 Å². The number of furan rings is 1. The number of hydrogen-bond acceptors (Lipinski definition) is 4. The maximum Gasteiger partial charge on any atom is 0.325 e. The molecule has 2 heterocycles. The summed E-state index contributed by atoms with van der Waals surface area (Å²) in [6.07, 6.45) is 5.66. The molecule has 1 aromatic heterocycles. The third-order valence-corrected chi connectivity index (χ3v) is 4.22. The standard InChI is InChI=1S/C15H19N3O4/c19-13-8-16-15(21)18(13)10-14(20)17(11-4-1-2-5-11)9-12-6-3-7-22-12/h3,6-7,11H,1-2,4-5,8-10H2,(H,16,21). The number of imide groups is 1. The minimum atomic E-state index is -0.497. The summed E-state index contributed by atoms with van der Waals surface area (Å²) in [5.41, 5.74) is 0. The van der Waals surface area contributed by atoms with E-state index in [1.807, 2.05) is 6.07 Å². The average molecular weight is 305 g/mol. The highest BCUT2D eigenvalue weighted by molar-refractivity contribution is 6.04. The SMILES string of the molecule is O=C1CNC(=O)N1CC(=O)N(Cc1ccco1)C1CCCC1. The molecule has 22 heavy (non-hydrogen) atoms. The monoisotopic (exact) mass is 305 g/mol. The molecule has 3 rings (SSSR count). The molecule has 1 aliphatic carbocycles. The molecule has 7 nitrogen and oxygen atoms in total. The van der Waals surface area contributed by atoms with Crippen LogP contribution < -0.4 is 5.32 Å². The number of carbonyl (C=O) groups is 3. The molecule has 1 saturated heterocycles. The Bertz CT molecular complexity index is 547. The van der Waals surface area contributed by atoms with Crippen LogP contribution in [0, 0.1) is 0 Å². The molecule has 0 radical (unpaired) electrons. The molecule has 0 spiro atoms. The van der Waals surface area contributed by atoms with Crippen molar-refractivity contribution in [3.8, 4) is 0 Å². The van der Waals surface area contributed by atoms with E-state index in [4.69, 9.17) is 4.42 Å². The van der Waals surface area contributed by atoms with Crippen molar-refractivity contribution >= 4 is 17.8 Å². The maximum atomic E-state index is 12.6. The lowest BCUT2D eigenvalue weighted by molar-refractivity contribution is -0.138. The summed E-state index contributed by atoms with van der Waals surface area (Å²) in [5, 5.41) is 2.43. The van der Waals surface area contributed by atoms with Crippen LogP contribution in [0.1, 0.15) is 31.4 Å². The van der Waals surface area contributed by atoms with E-state index in [2.05, 4.69) is 5.32 Å². The number of nitrogens with zero attached hydrogens (tertiary/aromatic N) is 2. The highest BCUT2D eigenvalue weighted by Gasteiger charge is 2.34. The number of carbonyl (C=O) groups excluding carboxylic acids is 3. The van der Waals surface area contributed by atoms with Gasteiger partial charge in [0.1, 0.15) is 12.3 Å². The van der Waals surface area contributed by atoms with E-state index >= 15 is 0 Å². The molecule has 0 unspecified atom stereocenters. The first-order valence-corrected chi connectivity index (χ1v) is 7.55. The van der Waals surface area contributed by atoms with E-state index in [-0.39, 0.29) is 30.9 Å². The predicted molar refractivity (Wildman–Crippen MR) is 76.6 cm³/mol. The van der Waals surface area contributed by atoms with Crippen molar-refractivity contribution in [1.29, 1.82) is 0 Å². The Hall–Kier alpha value is -2.31. The molecule has 2 fully saturated rings. The predicted octanol–water partition coefficient (Wildman–Crippen LogP) is 1.10. The van der Waals surface area contributed by atoms with Gasteiger partial charge in [0.15, 0.2) is 0 Å². The van der Waals surface area contributed by atoms with Crippen molar-refractivity contribution in [3.05, 3.63) is 24.2 Å². The summed E-state index contributed by atoms with van der Waals surface area (Å²) in [7, 11) is 0. The fourth-order valence-corrected chi connectivity index (χ4v) is 3.05. The molecule has 1 aliphatic heterocycles. The first-order valence-electron chi connectivity index (χ1n) is 7.55. The molecule has 4 amide bonds. The van der Waals surface area contributed by atoms with Crippen LogP contribution in [0.4, 0.5) is 4.79 Å². The first-order chi connectivity index (χ1) is 10.6. The molecular formula is C15H19N3O4. The van der Waals surface area contributed by atoms with Gasteiger partial charge in [-0.3, -0.25) is 14.5 Å². The number of amides is 4. The van der Waals surface area contributed by atoms with Crippen molar-refractivity contribution in [2.24, 2.45) is 0 Å².